The van der Waals surface area contributed by atoms with Crippen LogP contribution in [-0.2, 0) is 0 Å². The number of fused-ring (bicyclic) bond motifs is 1. The third-order valence-electron chi connectivity index (χ3n) is 1.12. The van der Waals surface area contributed by atoms with E-state index in [-0.39, 0.29) is 21.0 Å². The van der Waals surface area contributed by atoms with Gasteiger partial charge in [0.25, 0.3) is 0 Å². The fraction of sp³-hybridized carbons (Fsp3) is 0. The predicted molar refractivity (Wildman–Crippen MR) is 48.0 cm³/mol. The highest BCUT2D eigenvalue weighted by atomic mass is 127. The Balaban J connectivity index is 2.59. The van der Waals surface area contributed by atoms with Gasteiger partial charge in [-0.2, -0.15) is 0 Å². The van der Waals surface area contributed by atoms with E-state index in [4.69, 9.17) is 11.6 Å². The molecule has 1 N–H and O–H groups in total. The average molecular weight is 267 g/mol. The number of anilines is 1. The molecule has 0 radical (unpaired) electrons. The summed E-state index contributed by atoms with van der Waals surface area (Å²) in [4.78, 5) is 3.94. The summed E-state index contributed by atoms with van der Waals surface area (Å²) in [5, 5.41) is 0.521. The van der Waals surface area contributed by atoms with Crippen molar-refractivity contribution in [2.24, 2.45) is 3.25 Å². The Morgan fingerprint density at radius 3 is 3.40 bits per heavy atom. The first-order valence-corrected chi connectivity index (χ1v) is 5.04. The molecule has 0 atom stereocenters. The fourth-order valence-corrected chi connectivity index (χ4v) is 2.28. The molecule has 5 heteroatoms. The van der Waals surface area contributed by atoms with Crippen LogP contribution in [0, 0.1) is 3.57 Å². The molecule has 0 spiro atoms. The van der Waals surface area contributed by atoms with Gasteiger partial charge in [0.05, 0.1) is 30.3 Å². The smallest absolute Gasteiger partial charge is 0.131 e. The molecule has 52 valence electrons. The minimum atomic E-state index is -0.198. The molecule has 0 bridgehead atoms. The highest BCUT2D eigenvalue weighted by molar-refractivity contribution is 14.2. The average Bonchev–Trinajstić information content (AvgIpc) is 2.33. The molecule has 10 heavy (non-hydrogen) atoms. The van der Waals surface area contributed by atoms with Crippen molar-refractivity contribution in [3.63, 3.8) is 0 Å². The van der Waals surface area contributed by atoms with Gasteiger partial charge in [-0.3, -0.25) is 5.43 Å². The van der Waals surface area contributed by atoms with Gasteiger partial charge in [-0.1, -0.05) is 11.6 Å². The number of hydrogen-bond donors (Lipinski definition) is 1. The lowest BCUT2D eigenvalue weighted by Crippen LogP contribution is -1.85. The van der Waals surface area contributed by atoms with Gasteiger partial charge in [-0.15, -0.1) is 3.25 Å². The molecule has 2 rings (SSSR count). The molecule has 0 saturated heterocycles. The van der Waals surface area contributed by atoms with Crippen LogP contribution in [0.15, 0.2) is 15.5 Å². The van der Waals surface area contributed by atoms with Crippen LogP contribution in [0.25, 0.3) is 0 Å². The summed E-state index contributed by atoms with van der Waals surface area (Å²) in [6, 6.07) is 1.80. The number of aromatic nitrogens is 1. The maximum Gasteiger partial charge on any atom is 0.131 e. The molecule has 2 heterocycles. The third-order valence-corrected chi connectivity index (χ3v) is 3.19. The summed E-state index contributed by atoms with van der Waals surface area (Å²) < 4.78 is 5.27. The van der Waals surface area contributed by atoms with E-state index in [1.54, 1.807) is 12.3 Å². The second-order valence-corrected chi connectivity index (χ2v) is 4.28. The highest BCUT2D eigenvalue weighted by Gasteiger charge is 2.06. The van der Waals surface area contributed by atoms with Gasteiger partial charge in [0.1, 0.15) is 5.15 Å². The Morgan fingerprint density at radius 1 is 1.60 bits per heavy atom. The van der Waals surface area contributed by atoms with Gasteiger partial charge >= 0.3 is 0 Å². The second kappa shape index (κ2) is 2.43. The van der Waals surface area contributed by atoms with Crippen molar-refractivity contribution in [2.45, 2.75) is 0 Å². The van der Waals surface area contributed by atoms with Gasteiger partial charge in [0, 0.05) is 12.3 Å². The van der Waals surface area contributed by atoms with Crippen molar-refractivity contribution in [3.05, 3.63) is 21.0 Å². The Kier molecular flexibility index (Phi) is 1.57. The zero-order valence-corrected chi connectivity index (χ0v) is 7.72. The summed E-state index contributed by atoms with van der Waals surface area (Å²) in [6.45, 7) is 0. The van der Waals surface area contributed by atoms with Crippen molar-refractivity contribution >= 4 is 38.3 Å². The Bertz CT molecular complexity index is 299. The minimum Gasteiger partial charge on any atom is -0.272 e. The van der Waals surface area contributed by atoms with Crippen LogP contribution in [-0.4, -0.2) is 4.98 Å². The molecule has 3 nitrogen and oxygen atoms in total. The van der Waals surface area contributed by atoms with E-state index >= 15 is 0 Å². The lowest BCUT2D eigenvalue weighted by molar-refractivity contribution is 1.29. The lowest BCUT2D eigenvalue weighted by Gasteiger charge is -1.94. The summed E-state index contributed by atoms with van der Waals surface area (Å²) in [7, 11) is 0. The SMILES string of the molecule is Clc1cc2c(cn1)I=NN2. The van der Waals surface area contributed by atoms with Crippen molar-refractivity contribution in [2.75, 3.05) is 5.43 Å². The monoisotopic (exact) mass is 267 g/mol. The first-order valence-electron chi connectivity index (χ1n) is 2.62. The van der Waals surface area contributed by atoms with E-state index in [0.717, 1.165) is 5.69 Å². The van der Waals surface area contributed by atoms with Gasteiger partial charge in [0.15, 0.2) is 0 Å². The first-order chi connectivity index (χ1) is 4.86. The lowest BCUT2D eigenvalue weighted by atomic mass is 10.4. The third kappa shape index (κ3) is 1.01. The molecule has 0 unspecified atom stereocenters. The first kappa shape index (κ1) is 6.48. The predicted octanol–water partition coefficient (Wildman–Crippen LogP) is 2.40. The van der Waals surface area contributed by atoms with Gasteiger partial charge in [-0.05, 0) is 0 Å². The molecule has 1 aromatic heterocycles. The zero-order chi connectivity index (χ0) is 6.97. The topological polar surface area (TPSA) is 37.3 Å². The van der Waals surface area contributed by atoms with Crippen LogP contribution in [0.3, 0.4) is 0 Å². The molecule has 0 aromatic carbocycles. The number of pyridine rings is 1. The number of nitrogens with one attached hydrogen (secondary N) is 1. The van der Waals surface area contributed by atoms with E-state index < -0.39 is 0 Å². The van der Waals surface area contributed by atoms with E-state index in [9.17, 15) is 0 Å². The number of hydrogen-bond acceptors (Lipinski definition) is 3. The second-order valence-electron chi connectivity index (χ2n) is 1.77. The Labute approximate surface area is 72.9 Å². The van der Waals surface area contributed by atoms with Crippen LogP contribution in [0.2, 0.25) is 5.15 Å². The zero-order valence-electron chi connectivity index (χ0n) is 4.81. The van der Waals surface area contributed by atoms with Crippen molar-refractivity contribution < 1.29 is 0 Å². The van der Waals surface area contributed by atoms with Crippen LogP contribution in [0.1, 0.15) is 0 Å². The summed E-state index contributed by atoms with van der Waals surface area (Å²) in [5.74, 6) is 0. The molecule has 0 aliphatic carbocycles. The largest absolute Gasteiger partial charge is 0.272 e. The normalized spacial score (nSPS) is 13.7. The maximum absolute atomic E-state index is 5.64. The van der Waals surface area contributed by atoms with Gasteiger partial charge < -0.3 is 0 Å². The van der Waals surface area contributed by atoms with E-state index in [0.29, 0.717) is 5.15 Å². The van der Waals surface area contributed by atoms with Crippen LogP contribution in [0.4, 0.5) is 5.69 Å². The Hall–Kier alpha value is -0.230. The van der Waals surface area contributed by atoms with Crippen LogP contribution < -0.4 is 5.43 Å². The molecule has 0 amide bonds. The fourth-order valence-electron chi connectivity index (χ4n) is 0.678. The molecule has 0 saturated carbocycles. The molecular formula is C5H3ClIN3. The van der Waals surface area contributed by atoms with Crippen LogP contribution >= 0.6 is 32.6 Å². The van der Waals surface area contributed by atoms with Gasteiger partial charge in [0.2, 0.25) is 0 Å². The van der Waals surface area contributed by atoms with E-state index in [2.05, 4.69) is 13.7 Å². The minimum absolute atomic E-state index is 0.198. The van der Waals surface area contributed by atoms with Gasteiger partial charge in [-0.25, -0.2) is 4.98 Å². The molecule has 0 fully saturated rings. The standard InChI is InChI=1S/C5H3ClIN3/c6-5-1-4-3(2-8-5)7-10-9-4/h1-2,9H. The maximum atomic E-state index is 5.64. The molecule has 1 aliphatic rings. The van der Waals surface area contributed by atoms with Crippen molar-refractivity contribution in [1.82, 2.24) is 4.98 Å². The number of nitrogens with zero attached hydrogens (tertiary/aromatic N) is 2. The Morgan fingerprint density at radius 2 is 2.50 bits per heavy atom. The summed E-state index contributed by atoms with van der Waals surface area (Å²) in [5.41, 5.74) is 3.91. The highest BCUT2D eigenvalue weighted by Crippen LogP contribution is 2.30. The van der Waals surface area contributed by atoms with Crippen molar-refractivity contribution in [3.8, 4) is 0 Å². The molecule has 1 aliphatic heterocycles. The quantitative estimate of drug-likeness (QED) is 0.579. The van der Waals surface area contributed by atoms with Crippen LogP contribution in [0.5, 0.6) is 0 Å². The van der Waals surface area contributed by atoms with Crippen molar-refractivity contribution in [1.29, 1.82) is 0 Å². The number of halogens is 2. The molecular weight excluding hydrogens is 264 g/mol. The summed E-state index contributed by atoms with van der Waals surface area (Å²) >= 11 is 5.45. The van der Waals surface area contributed by atoms with E-state index in [1.807, 2.05) is 0 Å². The number of rotatable bonds is 0. The summed E-state index contributed by atoms with van der Waals surface area (Å²) in [6.07, 6.45) is 1.79. The molecule has 1 aromatic rings. The van der Waals surface area contributed by atoms with E-state index in [1.165, 1.54) is 3.57 Å².